The molecule has 0 aromatic carbocycles. The summed E-state index contributed by atoms with van der Waals surface area (Å²) in [5.74, 6) is 0.425. The summed E-state index contributed by atoms with van der Waals surface area (Å²) >= 11 is 0. The second kappa shape index (κ2) is 6.21. The maximum Gasteiger partial charge on any atom is 0.224 e. The molecule has 2 fully saturated rings. The molecule has 0 aromatic heterocycles. The molecule has 2 atom stereocenters. The summed E-state index contributed by atoms with van der Waals surface area (Å²) < 4.78 is 0. The molecule has 0 aliphatic carbocycles. The van der Waals surface area contributed by atoms with Crippen LogP contribution < -0.4 is 10.6 Å². The van der Waals surface area contributed by atoms with Gasteiger partial charge in [-0.15, -0.1) is 12.4 Å². The highest BCUT2D eigenvalue weighted by atomic mass is 35.5. The molecule has 17 heavy (non-hydrogen) atoms. The molecule has 0 spiro atoms. The summed E-state index contributed by atoms with van der Waals surface area (Å²) in [4.78, 5) is 24.8. The molecule has 0 radical (unpaired) electrons. The van der Waals surface area contributed by atoms with E-state index in [4.69, 9.17) is 0 Å². The van der Waals surface area contributed by atoms with Gasteiger partial charge in [0.2, 0.25) is 11.8 Å². The largest absolute Gasteiger partial charge is 0.351 e. The first-order valence-corrected chi connectivity index (χ1v) is 5.92. The van der Waals surface area contributed by atoms with Crippen molar-refractivity contribution in [1.82, 2.24) is 15.5 Å². The highest BCUT2D eigenvalue weighted by molar-refractivity contribution is 5.85. The minimum absolute atomic E-state index is 0. The molecule has 0 bridgehead atoms. The van der Waals surface area contributed by atoms with Gasteiger partial charge in [0, 0.05) is 32.6 Å². The number of hydrogen-bond donors (Lipinski definition) is 2. The molecule has 98 valence electrons. The average molecular weight is 262 g/mol. The van der Waals surface area contributed by atoms with Crippen molar-refractivity contribution >= 4 is 24.2 Å². The Morgan fingerprint density at radius 1 is 1.47 bits per heavy atom. The van der Waals surface area contributed by atoms with Crippen molar-refractivity contribution in [1.29, 1.82) is 0 Å². The fourth-order valence-corrected chi connectivity index (χ4v) is 2.33. The van der Waals surface area contributed by atoms with Gasteiger partial charge in [-0.2, -0.15) is 0 Å². The monoisotopic (exact) mass is 261 g/mol. The Labute approximate surface area is 108 Å². The van der Waals surface area contributed by atoms with Crippen LogP contribution in [0.15, 0.2) is 0 Å². The van der Waals surface area contributed by atoms with E-state index in [-0.39, 0.29) is 36.2 Å². The van der Waals surface area contributed by atoms with Gasteiger partial charge in [0.25, 0.3) is 0 Å². The van der Waals surface area contributed by atoms with Gasteiger partial charge in [0.1, 0.15) is 0 Å². The lowest BCUT2D eigenvalue weighted by molar-refractivity contribution is -0.134. The normalized spacial score (nSPS) is 28.8. The minimum atomic E-state index is 0. The van der Waals surface area contributed by atoms with Crippen molar-refractivity contribution < 1.29 is 9.59 Å². The molecule has 2 unspecified atom stereocenters. The molecule has 0 aromatic rings. The van der Waals surface area contributed by atoms with Gasteiger partial charge in [-0.1, -0.05) is 0 Å². The van der Waals surface area contributed by atoms with Crippen molar-refractivity contribution in [3.8, 4) is 0 Å². The number of nitrogens with zero attached hydrogens (tertiary/aromatic N) is 1. The van der Waals surface area contributed by atoms with Crippen LogP contribution in [0.5, 0.6) is 0 Å². The molecule has 2 N–H and O–H groups in total. The van der Waals surface area contributed by atoms with Crippen molar-refractivity contribution in [3.63, 3.8) is 0 Å². The number of carbonyl (C=O) groups is 2. The van der Waals surface area contributed by atoms with Crippen molar-refractivity contribution in [2.45, 2.75) is 25.3 Å². The van der Waals surface area contributed by atoms with E-state index < -0.39 is 0 Å². The molecule has 2 aliphatic rings. The highest BCUT2D eigenvalue weighted by Crippen LogP contribution is 2.12. The van der Waals surface area contributed by atoms with Crippen LogP contribution in [0.25, 0.3) is 0 Å². The van der Waals surface area contributed by atoms with Crippen LogP contribution in [0.1, 0.15) is 19.3 Å². The molecule has 2 saturated heterocycles. The Balaban J connectivity index is 0.00000144. The summed E-state index contributed by atoms with van der Waals surface area (Å²) in [6.45, 7) is 2.36. The van der Waals surface area contributed by atoms with Crippen LogP contribution in [0.4, 0.5) is 0 Å². The molecular weight excluding hydrogens is 242 g/mol. The number of piperidine rings is 1. The van der Waals surface area contributed by atoms with Crippen molar-refractivity contribution in [2.75, 3.05) is 26.7 Å². The van der Waals surface area contributed by atoms with Gasteiger partial charge >= 0.3 is 0 Å². The Hall–Kier alpha value is -0.810. The van der Waals surface area contributed by atoms with Crippen LogP contribution >= 0.6 is 12.4 Å². The lowest BCUT2D eigenvalue weighted by atomic mass is 10.0. The van der Waals surface area contributed by atoms with Gasteiger partial charge in [-0.05, 0) is 19.4 Å². The number of carbonyl (C=O) groups excluding carboxylic acids is 2. The number of halogens is 1. The van der Waals surface area contributed by atoms with Gasteiger partial charge in [-0.3, -0.25) is 9.59 Å². The van der Waals surface area contributed by atoms with E-state index in [2.05, 4.69) is 10.6 Å². The Morgan fingerprint density at radius 2 is 2.24 bits per heavy atom. The van der Waals surface area contributed by atoms with E-state index in [1.807, 2.05) is 0 Å². The Bertz CT molecular complexity index is 292. The van der Waals surface area contributed by atoms with Gasteiger partial charge < -0.3 is 15.5 Å². The molecule has 6 heteroatoms. The first-order chi connectivity index (χ1) is 7.66. The number of likely N-dealkylation sites (tertiary alicyclic amines) is 1. The minimum Gasteiger partial charge on any atom is -0.351 e. The summed E-state index contributed by atoms with van der Waals surface area (Å²) in [6, 6.07) is 0.135. The van der Waals surface area contributed by atoms with Crippen LogP contribution in [0.3, 0.4) is 0 Å². The van der Waals surface area contributed by atoms with Crippen LogP contribution in [-0.2, 0) is 9.59 Å². The second-order valence-corrected chi connectivity index (χ2v) is 4.71. The molecule has 2 amide bonds. The zero-order valence-electron chi connectivity index (χ0n) is 10.1. The lowest BCUT2D eigenvalue weighted by Crippen LogP contribution is -2.50. The first-order valence-electron chi connectivity index (χ1n) is 5.92. The number of nitrogens with one attached hydrogen (secondary N) is 2. The smallest absolute Gasteiger partial charge is 0.224 e. The lowest BCUT2D eigenvalue weighted by Gasteiger charge is -2.30. The Morgan fingerprint density at radius 3 is 2.82 bits per heavy atom. The third-order valence-electron chi connectivity index (χ3n) is 3.40. The van der Waals surface area contributed by atoms with Crippen LogP contribution in [-0.4, -0.2) is 49.4 Å². The predicted molar refractivity (Wildman–Crippen MR) is 67.0 cm³/mol. The average Bonchev–Trinajstić information content (AvgIpc) is 2.77. The summed E-state index contributed by atoms with van der Waals surface area (Å²) in [6.07, 6.45) is 2.24. The van der Waals surface area contributed by atoms with E-state index in [1.54, 1.807) is 11.9 Å². The fraction of sp³-hybridized carbons (Fsp3) is 0.818. The molecule has 5 nitrogen and oxygen atoms in total. The van der Waals surface area contributed by atoms with E-state index in [0.29, 0.717) is 13.0 Å². The topological polar surface area (TPSA) is 61.4 Å². The summed E-state index contributed by atoms with van der Waals surface area (Å²) in [5, 5.41) is 6.22. The van der Waals surface area contributed by atoms with E-state index >= 15 is 0 Å². The van der Waals surface area contributed by atoms with Crippen LogP contribution in [0.2, 0.25) is 0 Å². The number of likely N-dealkylation sites (N-methyl/N-ethyl adjacent to an activating group) is 1. The third-order valence-corrected chi connectivity index (χ3v) is 3.40. The standard InChI is InChI=1S/C11H19N3O2.ClH/c1-14-7-9(2-3-10(14)15)13-11(16)8-4-5-12-6-8;/h8-9,12H,2-7H2,1H3,(H,13,16);1H. The quantitative estimate of drug-likeness (QED) is 0.721. The van der Waals surface area contributed by atoms with E-state index in [1.165, 1.54) is 0 Å². The summed E-state index contributed by atoms with van der Waals surface area (Å²) in [7, 11) is 1.79. The summed E-state index contributed by atoms with van der Waals surface area (Å²) in [5.41, 5.74) is 0. The van der Waals surface area contributed by atoms with E-state index in [0.717, 1.165) is 25.9 Å². The SMILES string of the molecule is CN1CC(NC(=O)C2CCNC2)CCC1=O.Cl. The van der Waals surface area contributed by atoms with Gasteiger partial charge in [0.05, 0.1) is 5.92 Å². The zero-order valence-corrected chi connectivity index (χ0v) is 10.9. The Kier molecular flexibility index (Phi) is 5.21. The molecule has 2 rings (SSSR count). The zero-order chi connectivity index (χ0) is 11.5. The maximum absolute atomic E-state index is 11.8. The second-order valence-electron chi connectivity index (χ2n) is 4.71. The number of amides is 2. The molecule has 2 aliphatic heterocycles. The highest BCUT2D eigenvalue weighted by Gasteiger charge is 2.28. The molecular formula is C11H20ClN3O2. The number of rotatable bonds is 2. The van der Waals surface area contributed by atoms with Crippen molar-refractivity contribution in [3.05, 3.63) is 0 Å². The molecule has 2 heterocycles. The van der Waals surface area contributed by atoms with Crippen molar-refractivity contribution in [2.24, 2.45) is 5.92 Å². The maximum atomic E-state index is 11.8. The fourth-order valence-electron chi connectivity index (χ4n) is 2.33. The van der Waals surface area contributed by atoms with Crippen LogP contribution in [0, 0.1) is 5.92 Å². The number of hydrogen-bond acceptors (Lipinski definition) is 3. The van der Waals surface area contributed by atoms with E-state index in [9.17, 15) is 9.59 Å². The van der Waals surface area contributed by atoms with Gasteiger partial charge in [-0.25, -0.2) is 0 Å². The third kappa shape index (κ3) is 3.57. The first kappa shape index (κ1) is 14.3. The van der Waals surface area contributed by atoms with Gasteiger partial charge in [0.15, 0.2) is 0 Å². The predicted octanol–water partition coefficient (Wildman–Crippen LogP) is -0.245. The molecule has 0 saturated carbocycles.